The fourth-order valence-electron chi connectivity index (χ4n) is 1.07. The van der Waals surface area contributed by atoms with Crippen molar-refractivity contribution in [2.24, 2.45) is 0 Å². The number of rotatable bonds is 7. The molecule has 15 heavy (non-hydrogen) atoms. The van der Waals surface area contributed by atoms with E-state index in [4.69, 9.17) is 0 Å². The maximum Gasteiger partial charge on any atom is 0.257 e. The summed E-state index contributed by atoms with van der Waals surface area (Å²) in [6.45, 7) is 0.484. The minimum absolute atomic E-state index is 0.122. The van der Waals surface area contributed by atoms with Crippen LogP contribution >= 0.6 is 22.6 Å². The van der Waals surface area contributed by atoms with Crippen LogP contribution < -0.4 is 4.72 Å². The lowest BCUT2D eigenvalue weighted by Crippen LogP contribution is -2.25. The number of imidazole rings is 1. The third-order valence-corrected chi connectivity index (χ3v) is 4.01. The van der Waals surface area contributed by atoms with Gasteiger partial charge in [0, 0.05) is 6.54 Å². The molecule has 0 aromatic carbocycles. The molecule has 1 heterocycles. The van der Waals surface area contributed by atoms with E-state index in [2.05, 4.69) is 37.3 Å². The van der Waals surface area contributed by atoms with Crippen LogP contribution in [-0.4, -0.2) is 29.4 Å². The molecule has 0 aliphatic rings. The van der Waals surface area contributed by atoms with Crippen molar-refractivity contribution >= 4 is 32.6 Å². The van der Waals surface area contributed by atoms with E-state index in [1.807, 2.05) is 0 Å². The molecule has 0 aliphatic carbocycles. The first kappa shape index (κ1) is 12.9. The maximum absolute atomic E-state index is 11.5. The van der Waals surface area contributed by atoms with Gasteiger partial charge in [0.1, 0.15) is 0 Å². The number of sulfonamides is 1. The summed E-state index contributed by atoms with van der Waals surface area (Å²) in [7, 11) is -3.37. The molecule has 0 saturated carbocycles. The summed E-state index contributed by atoms with van der Waals surface area (Å²) in [4.78, 5) is 6.24. The number of unbranched alkanes of at least 4 members (excludes halogenated alkanes) is 2. The normalized spacial score (nSPS) is 11.8. The zero-order valence-corrected chi connectivity index (χ0v) is 11.2. The van der Waals surface area contributed by atoms with E-state index in [-0.39, 0.29) is 5.03 Å². The highest BCUT2D eigenvalue weighted by molar-refractivity contribution is 14.1. The average molecular weight is 343 g/mol. The maximum atomic E-state index is 11.5. The quantitative estimate of drug-likeness (QED) is 0.445. The van der Waals surface area contributed by atoms with Crippen molar-refractivity contribution in [1.29, 1.82) is 0 Å². The summed E-state index contributed by atoms with van der Waals surface area (Å²) in [6.07, 6.45) is 5.70. The van der Waals surface area contributed by atoms with Gasteiger partial charge in [-0.15, -0.1) is 0 Å². The highest BCUT2D eigenvalue weighted by Gasteiger charge is 2.13. The Kier molecular flexibility index (Phi) is 5.54. The number of alkyl halides is 1. The Hall–Kier alpha value is -0.150. The second-order valence-electron chi connectivity index (χ2n) is 3.06. The molecule has 0 unspecified atom stereocenters. The van der Waals surface area contributed by atoms with E-state index in [0.29, 0.717) is 6.54 Å². The van der Waals surface area contributed by atoms with Gasteiger partial charge in [0.15, 0.2) is 5.03 Å². The Balaban J connectivity index is 2.32. The number of nitrogens with zero attached hydrogens (tertiary/aromatic N) is 1. The van der Waals surface area contributed by atoms with Crippen molar-refractivity contribution in [2.45, 2.75) is 24.3 Å². The van der Waals surface area contributed by atoms with Crippen molar-refractivity contribution in [1.82, 2.24) is 14.7 Å². The molecular formula is C8H14IN3O2S. The molecule has 1 rings (SSSR count). The lowest BCUT2D eigenvalue weighted by molar-refractivity contribution is 0.573. The Morgan fingerprint density at radius 3 is 2.80 bits per heavy atom. The standard InChI is InChI=1S/C8H14IN3O2S/c9-4-2-1-3-5-12-15(13,14)8-6-10-7-11-8/h6-7,12H,1-5H2,(H,10,11). The highest BCUT2D eigenvalue weighted by atomic mass is 127. The summed E-state index contributed by atoms with van der Waals surface area (Å²) < 4.78 is 26.7. The molecular weight excluding hydrogens is 329 g/mol. The number of aromatic amines is 1. The lowest BCUT2D eigenvalue weighted by atomic mass is 10.3. The van der Waals surface area contributed by atoms with Gasteiger partial charge in [-0.2, -0.15) is 0 Å². The van der Waals surface area contributed by atoms with E-state index >= 15 is 0 Å². The Bertz CT molecular complexity index is 363. The molecule has 0 spiro atoms. The summed E-state index contributed by atoms with van der Waals surface area (Å²) >= 11 is 2.31. The second-order valence-corrected chi connectivity index (χ2v) is 5.88. The molecule has 0 saturated heterocycles. The van der Waals surface area contributed by atoms with Gasteiger partial charge in [0.2, 0.25) is 0 Å². The first-order valence-electron chi connectivity index (χ1n) is 4.71. The van der Waals surface area contributed by atoms with E-state index in [9.17, 15) is 8.42 Å². The van der Waals surface area contributed by atoms with Gasteiger partial charge in [0.25, 0.3) is 10.0 Å². The van der Waals surface area contributed by atoms with Crippen LogP contribution in [0.1, 0.15) is 19.3 Å². The van der Waals surface area contributed by atoms with Crippen LogP contribution in [-0.2, 0) is 10.0 Å². The number of aromatic nitrogens is 2. The second kappa shape index (κ2) is 6.44. The Morgan fingerprint density at radius 1 is 1.40 bits per heavy atom. The largest absolute Gasteiger partial charge is 0.335 e. The van der Waals surface area contributed by atoms with E-state index < -0.39 is 10.0 Å². The fourth-order valence-corrected chi connectivity index (χ4v) is 2.59. The van der Waals surface area contributed by atoms with Gasteiger partial charge in [0.05, 0.1) is 12.5 Å². The van der Waals surface area contributed by atoms with Gasteiger partial charge in [-0.1, -0.05) is 29.0 Å². The molecule has 7 heteroatoms. The van der Waals surface area contributed by atoms with Crippen molar-refractivity contribution in [3.05, 3.63) is 12.5 Å². The van der Waals surface area contributed by atoms with Gasteiger partial charge < -0.3 is 4.98 Å². The van der Waals surface area contributed by atoms with Crippen molar-refractivity contribution in [3.63, 3.8) is 0 Å². The van der Waals surface area contributed by atoms with Crippen LogP contribution in [0.25, 0.3) is 0 Å². The molecule has 0 amide bonds. The smallest absolute Gasteiger partial charge is 0.257 e. The molecule has 0 radical (unpaired) electrons. The lowest BCUT2D eigenvalue weighted by Gasteiger charge is -2.03. The van der Waals surface area contributed by atoms with Crippen LogP contribution in [0.15, 0.2) is 17.6 Å². The molecule has 0 aliphatic heterocycles. The minimum Gasteiger partial charge on any atom is -0.335 e. The predicted octanol–water partition coefficient (Wildman–Crippen LogP) is 1.29. The van der Waals surface area contributed by atoms with Crippen molar-refractivity contribution < 1.29 is 8.42 Å². The summed E-state index contributed by atoms with van der Waals surface area (Å²) in [5.41, 5.74) is 0. The average Bonchev–Trinajstić information content (AvgIpc) is 2.70. The molecule has 1 aromatic rings. The monoisotopic (exact) mass is 343 g/mol. The van der Waals surface area contributed by atoms with E-state index in [1.54, 1.807) is 0 Å². The highest BCUT2D eigenvalue weighted by Crippen LogP contribution is 2.03. The van der Waals surface area contributed by atoms with E-state index in [0.717, 1.165) is 23.7 Å². The van der Waals surface area contributed by atoms with Crippen LogP contribution in [0.2, 0.25) is 0 Å². The summed E-state index contributed by atoms with van der Waals surface area (Å²) in [6, 6.07) is 0. The van der Waals surface area contributed by atoms with Crippen molar-refractivity contribution in [3.8, 4) is 0 Å². The molecule has 86 valence electrons. The number of hydrogen-bond donors (Lipinski definition) is 2. The Morgan fingerprint density at radius 2 is 2.20 bits per heavy atom. The van der Waals surface area contributed by atoms with Crippen LogP contribution in [0, 0.1) is 0 Å². The fraction of sp³-hybridized carbons (Fsp3) is 0.625. The minimum atomic E-state index is -3.37. The molecule has 0 bridgehead atoms. The molecule has 0 fully saturated rings. The molecule has 2 N–H and O–H groups in total. The zero-order valence-electron chi connectivity index (χ0n) is 8.24. The topological polar surface area (TPSA) is 74.8 Å². The first-order chi connectivity index (χ1) is 7.17. The molecule has 0 atom stereocenters. The van der Waals surface area contributed by atoms with Crippen LogP contribution in [0.5, 0.6) is 0 Å². The van der Waals surface area contributed by atoms with E-state index in [1.165, 1.54) is 12.5 Å². The third-order valence-electron chi connectivity index (χ3n) is 1.87. The van der Waals surface area contributed by atoms with Gasteiger partial charge in [-0.25, -0.2) is 18.1 Å². The number of nitrogens with one attached hydrogen (secondary N) is 2. The SMILES string of the molecule is O=S(=O)(NCCCCCI)c1cnc[nH]1. The Labute approximate surface area is 103 Å². The molecule has 1 aromatic heterocycles. The van der Waals surface area contributed by atoms with Crippen LogP contribution in [0.3, 0.4) is 0 Å². The van der Waals surface area contributed by atoms with Gasteiger partial charge >= 0.3 is 0 Å². The van der Waals surface area contributed by atoms with Gasteiger partial charge in [-0.3, -0.25) is 0 Å². The summed E-state index contributed by atoms with van der Waals surface area (Å²) in [5, 5.41) is 0.122. The van der Waals surface area contributed by atoms with Gasteiger partial charge in [-0.05, 0) is 17.3 Å². The number of H-pyrrole nitrogens is 1. The zero-order chi connectivity index (χ0) is 11.1. The predicted molar refractivity (Wildman–Crippen MR) is 66.5 cm³/mol. The third kappa shape index (κ3) is 4.47. The first-order valence-corrected chi connectivity index (χ1v) is 7.71. The van der Waals surface area contributed by atoms with Crippen LogP contribution in [0.4, 0.5) is 0 Å². The number of hydrogen-bond acceptors (Lipinski definition) is 3. The van der Waals surface area contributed by atoms with Crippen molar-refractivity contribution in [2.75, 3.05) is 11.0 Å². The summed E-state index contributed by atoms with van der Waals surface area (Å²) in [5.74, 6) is 0. The molecule has 5 nitrogen and oxygen atoms in total. The number of halogens is 1.